The Morgan fingerprint density at radius 1 is 0.516 bits per heavy atom. The predicted octanol–water partition coefficient (Wildman–Crippen LogP) is 11.7. The summed E-state index contributed by atoms with van der Waals surface area (Å²) in [6.45, 7) is 2.26. The van der Waals surface area contributed by atoms with Crippen molar-refractivity contribution in [1.29, 1.82) is 0 Å². The molecule has 0 fully saturated rings. The molecule has 0 aromatic heterocycles. The van der Waals surface area contributed by atoms with E-state index in [1.807, 2.05) is 12.1 Å². The number of Topliss-reactive ketones (excluding diaryl/α,β-unsaturated/α-hetero) is 2. The van der Waals surface area contributed by atoms with Gasteiger partial charge in [-0.3, -0.25) is 28.8 Å². The van der Waals surface area contributed by atoms with Crippen molar-refractivity contribution in [2.75, 3.05) is 33.0 Å². The zero-order chi connectivity index (χ0) is 46.5. The Balaban J connectivity index is 1.25. The van der Waals surface area contributed by atoms with E-state index < -0.39 is 47.3 Å². The number of hydrogen-bond donors (Lipinski definition) is 4. The molecular formula is C44H36Cl6N8O6. The fourth-order valence-corrected chi connectivity index (χ4v) is 7.02. The normalized spacial score (nSPS) is 12.1. The lowest BCUT2D eigenvalue weighted by atomic mass is 10.1. The van der Waals surface area contributed by atoms with Crippen LogP contribution in [0, 0.1) is 0 Å². The smallest absolute Gasteiger partial charge is 0.258 e. The van der Waals surface area contributed by atoms with Crippen LogP contribution in [-0.2, 0) is 32.0 Å². The molecule has 0 saturated heterocycles. The van der Waals surface area contributed by atoms with Gasteiger partial charge in [-0.2, -0.15) is 20.5 Å². The first kappa shape index (κ1) is 49.3. The second-order valence-electron chi connectivity index (χ2n) is 13.7. The van der Waals surface area contributed by atoms with Crippen molar-refractivity contribution in [1.82, 2.24) is 0 Å². The number of nitrogens with zero attached hydrogens (tertiary/aromatic N) is 4. The molecule has 0 aliphatic carbocycles. The monoisotopic (exact) mass is 982 g/mol. The van der Waals surface area contributed by atoms with E-state index >= 15 is 0 Å². The summed E-state index contributed by atoms with van der Waals surface area (Å²) >= 11 is 37.3. The van der Waals surface area contributed by atoms with E-state index in [1.165, 1.54) is 48.5 Å². The van der Waals surface area contributed by atoms with E-state index in [2.05, 4.69) is 41.7 Å². The van der Waals surface area contributed by atoms with Crippen LogP contribution in [0.25, 0.3) is 0 Å². The number of halogens is 6. The lowest BCUT2D eigenvalue weighted by molar-refractivity contribution is -0.127. The van der Waals surface area contributed by atoms with Gasteiger partial charge in [0.1, 0.15) is 0 Å². The van der Waals surface area contributed by atoms with Gasteiger partial charge in [0.25, 0.3) is 23.6 Å². The fraction of sp³-hybridized carbons (Fsp3) is 0.182. The first-order valence-corrected chi connectivity index (χ1v) is 21.6. The molecule has 0 aliphatic rings. The van der Waals surface area contributed by atoms with Gasteiger partial charge in [0.05, 0.1) is 54.0 Å². The summed E-state index contributed by atoms with van der Waals surface area (Å²) in [4.78, 5) is 78.0. The van der Waals surface area contributed by atoms with Crippen LogP contribution >= 0.6 is 69.6 Å². The molecule has 64 heavy (non-hydrogen) atoms. The van der Waals surface area contributed by atoms with Crippen molar-refractivity contribution >= 4 is 139 Å². The quantitative estimate of drug-likeness (QED) is 0.0382. The molecule has 330 valence electrons. The van der Waals surface area contributed by atoms with Crippen molar-refractivity contribution < 1.29 is 28.8 Å². The van der Waals surface area contributed by atoms with Crippen LogP contribution in [0.2, 0.25) is 20.1 Å². The molecule has 5 aromatic rings. The first-order valence-electron chi connectivity index (χ1n) is 19.0. The van der Waals surface area contributed by atoms with Crippen LogP contribution in [0.3, 0.4) is 0 Å². The number of carbonyl (C=O) groups is 6. The average molecular weight is 986 g/mol. The van der Waals surface area contributed by atoms with Gasteiger partial charge in [-0.15, -0.1) is 23.2 Å². The highest BCUT2D eigenvalue weighted by Crippen LogP contribution is 2.37. The summed E-state index contributed by atoms with van der Waals surface area (Å²) in [6.07, 6.45) is 1.22. The Morgan fingerprint density at radius 3 is 1.27 bits per heavy atom. The number of alkyl halides is 2. The van der Waals surface area contributed by atoms with E-state index in [0.717, 1.165) is 25.0 Å². The standard InChI is InChI=1S/C44H36Cl6N8O6/c1-23(59)39(57-55-29-9-11-33(47)31(21-29)41(61)51-27-7-3-5-25(19-27)15-17-45)43(63)53-35-13-14-36(38(50)37(35)49)54-44(64)40(24(2)60)58-56-30-10-12-34(48)32(22-30)42(62)52-28-8-4-6-26(20-28)16-18-46/h3-14,19-22,39-40H,15-18H2,1-2H3,(H,51,61)(H,52,62)(H,53,63)(H,54,64). The summed E-state index contributed by atoms with van der Waals surface area (Å²) in [5, 5.41) is 26.2. The van der Waals surface area contributed by atoms with Gasteiger partial charge in [-0.1, -0.05) is 70.7 Å². The molecule has 4 amide bonds. The lowest BCUT2D eigenvalue weighted by Gasteiger charge is -2.15. The van der Waals surface area contributed by atoms with E-state index in [4.69, 9.17) is 69.6 Å². The number of benzene rings is 5. The van der Waals surface area contributed by atoms with Crippen LogP contribution in [0.4, 0.5) is 34.1 Å². The molecule has 20 heteroatoms. The molecule has 0 spiro atoms. The molecule has 0 radical (unpaired) electrons. The Hall–Kier alpha value is -5.74. The number of ketones is 2. The number of hydrogen-bond acceptors (Lipinski definition) is 10. The molecule has 4 N–H and O–H groups in total. The van der Waals surface area contributed by atoms with Gasteiger partial charge in [0, 0.05) is 23.1 Å². The Bertz CT molecular complexity index is 2500. The second-order valence-corrected chi connectivity index (χ2v) is 16.1. The Labute approximate surface area is 397 Å². The number of azo groups is 2. The minimum absolute atomic E-state index is 0.0509. The summed E-state index contributed by atoms with van der Waals surface area (Å²) in [7, 11) is 0. The van der Waals surface area contributed by atoms with Crippen LogP contribution in [0.5, 0.6) is 0 Å². The zero-order valence-electron chi connectivity index (χ0n) is 33.7. The lowest BCUT2D eigenvalue weighted by Crippen LogP contribution is -2.32. The van der Waals surface area contributed by atoms with Crippen molar-refractivity contribution in [3.8, 4) is 0 Å². The second kappa shape index (κ2) is 23.3. The highest BCUT2D eigenvalue weighted by molar-refractivity contribution is 6.46. The molecule has 5 rings (SSSR count). The molecule has 5 aromatic carbocycles. The van der Waals surface area contributed by atoms with Gasteiger partial charge < -0.3 is 21.3 Å². The van der Waals surface area contributed by atoms with Gasteiger partial charge in [-0.05, 0) is 111 Å². The maximum absolute atomic E-state index is 13.3. The number of anilines is 4. The maximum atomic E-state index is 13.3. The van der Waals surface area contributed by atoms with E-state index in [0.29, 0.717) is 36.0 Å². The third-order valence-electron chi connectivity index (χ3n) is 8.97. The Kier molecular flexibility index (Phi) is 17.9. The highest BCUT2D eigenvalue weighted by atomic mass is 35.5. The summed E-state index contributed by atoms with van der Waals surface area (Å²) in [6, 6.07) is 22.0. The van der Waals surface area contributed by atoms with Gasteiger partial charge in [-0.25, -0.2) is 0 Å². The van der Waals surface area contributed by atoms with Crippen molar-refractivity contribution in [3.63, 3.8) is 0 Å². The highest BCUT2D eigenvalue weighted by Gasteiger charge is 2.27. The van der Waals surface area contributed by atoms with Crippen LogP contribution in [0.1, 0.15) is 45.7 Å². The first-order chi connectivity index (χ1) is 30.6. The van der Waals surface area contributed by atoms with Crippen molar-refractivity contribution in [2.24, 2.45) is 20.5 Å². The molecule has 2 unspecified atom stereocenters. The number of carbonyl (C=O) groups excluding carboxylic acids is 6. The number of amides is 4. The van der Waals surface area contributed by atoms with E-state index in [1.54, 1.807) is 36.4 Å². The molecule has 0 heterocycles. The summed E-state index contributed by atoms with van der Waals surface area (Å²) in [5.74, 6) is -3.45. The van der Waals surface area contributed by atoms with E-state index in [-0.39, 0.29) is 54.0 Å². The number of rotatable bonds is 18. The van der Waals surface area contributed by atoms with Crippen molar-refractivity contribution in [3.05, 3.63) is 139 Å². The minimum Gasteiger partial charge on any atom is -0.322 e. The van der Waals surface area contributed by atoms with Crippen molar-refractivity contribution in [2.45, 2.75) is 38.8 Å². The molecule has 0 aliphatic heterocycles. The number of nitrogens with one attached hydrogen (secondary N) is 4. The minimum atomic E-state index is -1.65. The molecule has 0 bridgehead atoms. The van der Waals surface area contributed by atoms with Crippen LogP contribution in [0.15, 0.2) is 118 Å². The average Bonchev–Trinajstić information content (AvgIpc) is 3.25. The SMILES string of the molecule is CC(=O)C(N=Nc1ccc(Cl)c(C(=O)Nc2cccc(CCCl)c2)c1)C(=O)Nc1ccc(NC(=O)C(N=Nc2ccc(Cl)c(C(=O)Nc3cccc(CCCl)c3)c2)C(C)=O)c(Cl)c1Cl. The van der Waals surface area contributed by atoms with Gasteiger partial charge >= 0.3 is 0 Å². The predicted molar refractivity (Wildman–Crippen MR) is 252 cm³/mol. The third-order valence-corrected chi connectivity index (χ3v) is 10.9. The summed E-state index contributed by atoms with van der Waals surface area (Å²) in [5.41, 5.74) is 3.17. The van der Waals surface area contributed by atoms with Gasteiger partial charge in [0.15, 0.2) is 11.6 Å². The van der Waals surface area contributed by atoms with Crippen LogP contribution < -0.4 is 21.3 Å². The fourth-order valence-electron chi connectivity index (χ4n) is 5.75. The van der Waals surface area contributed by atoms with Crippen LogP contribution in [-0.4, -0.2) is 59.0 Å². The Morgan fingerprint density at radius 2 is 0.906 bits per heavy atom. The molecular weight excluding hydrogens is 949 g/mol. The summed E-state index contributed by atoms with van der Waals surface area (Å²) < 4.78 is 0. The van der Waals surface area contributed by atoms with E-state index in [9.17, 15) is 28.8 Å². The zero-order valence-corrected chi connectivity index (χ0v) is 38.3. The molecule has 14 nitrogen and oxygen atoms in total. The topological polar surface area (TPSA) is 200 Å². The van der Waals surface area contributed by atoms with Gasteiger partial charge in [0.2, 0.25) is 12.1 Å². The number of aryl methyl sites for hydroxylation is 2. The third kappa shape index (κ3) is 13.4. The largest absolute Gasteiger partial charge is 0.322 e. The molecule has 2 atom stereocenters. The molecule has 0 saturated carbocycles. The maximum Gasteiger partial charge on any atom is 0.258 e.